The first-order chi connectivity index (χ1) is 5.91. The molecular weight excluding hydrogens is 188 g/mol. The molecule has 3 atom stereocenters. The van der Waals surface area contributed by atoms with E-state index < -0.39 is 26.4 Å². The van der Waals surface area contributed by atoms with Crippen molar-refractivity contribution in [2.24, 2.45) is 0 Å². The van der Waals surface area contributed by atoms with Crippen LogP contribution in [0.1, 0.15) is 20.8 Å². The van der Waals surface area contributed by atoms with Crippen LogP contribution in [0.25, 0.3) is 0 Å². The molecule has 0 N–H and O–H groups in total. The van der Waals surface area contributed by atoms with E-state index >= 15 is 0 Å². The Morgan fingerprint density at radius 3 is 1.15 bits per heavy atom. The Balaban J connectivity index is 3.87. The molecule has 0 spiro atoms. The fourth-order valence-corrected chi connectivity index (χ4v) is 0.556. The Kier molecular flexibility index (Phi) is 6.10. The van der Waals surface area contributed by atoms with Gasteiger partial charge in [0, 0.05) is 0 Å². The molecule has 0 aromatic heterocycles. The van der Waals surface area contributed by atoms with Gasteiger partial charge in [-0.15, -0.1) is 0 Å². The third kappa shape index (κ3) is 8.08. The minimum absolute atomic E-state index is 1.05. The molecule has 0 amide bonds. The molecule has 0 rings (SSSR count). The van der Waals surface area contributed by atoms with Crippen molar-refractivity contribution >= 4 is 7.32 Å². The second-order valence-corrected chi connectivity index (χ2v) is 2.33. The molecule has 13 heavy (non-hydrogen) atoms. The maximum absolute atomic E-state index is 12.2. The topological polar surface area (TPSA) is 27.7 Å². The second-order valence-electron chi connectivity index (χ2n) is 2.33. The zero-order valence-corrected chi connectivity index (χ0v) is 7.67. The number of hydrogen-bond acceptors (Lipinski definition) is 3. The molecule has 0 aliphatic rings. The number of rotatable bonds is 6. The van der Waals surface area contributed by atoms with Crippen LogP contribution in [-0.2, 0) is 14.0 Å². The lowest BCUT2D eigenvalue weighted by atomic mass is 10.2. The second kappa shape index (κ2) is 6.23. The first-order valence-corrected chi connectivity index (χ1v) is 3.80. The Labute approximate surface area is 75.3 Å². The molecule has 0 aromatic rings. The van der Waals surface area contributed by atoms with Gasteiger partial charge in [-0.25, -0.2) is 13.2 Å². The molecule has 3 unspecified atom stereocenters. The summed E-state index contributed by atoms with van der Waals surface area (Å²) in [6, 6.07) is 0. The molecule has 0 fully saturated rings. The van der Waals surface area contributed by atoms with Gasteiger partial charge in [0.05, 0.1) is 0 Å². The minimum Gasteiger partial charge on any atom is -0.355 e. The van der Waals surface area contributed by atoms with Crippen LogP contribution < -0.4 is 0 Å². The van der Waals surface area contributed by atoms with Crippen LogP contribution >= 0.6 is 0 Å². The summed E-state index contributed by atoms with van der Waals surface area (Å²) in [5.74, 6) is 0. The zero-order valence-electron chi connectivity index (χ0n) is 7.67. The molecule has 0 aliphatic heterocycles. The van der Waals surface area contributed by atoms with Crippen LogP contribution in [0.3, 0.4) is 0 Å². The molecule has 0 saturated heterocycles. The van der Waals surface area contributed by atoms with E-state index in [1.54, 1.807) is 0 Å². The minimum atomic E-state index is -1.72. The lowest BCUT2D eigenvalue weighted by molar-refractivity contribution is -0.0675. The fraction of sp³-hybridized carbons (Fsp3) is 1.00. The normalized spacial score (nSPS) is 18.0. The molecular formula is C6H12BF3O3. The molecule has 7 heteroatoms. The molecule has 0 heterocycles. The van der Waals surface area contributed by atoms with Gasteiger partial charge in [-0.3, -0.25) is 0 Å². The van der Waals surface area contributed by atoms with Gasteiger partial charge in [-0.05, 0) is 20.8 Å². The number of hydrogen-bond donors (Lipinski definition) is 0. The van der Waals surface area contributed by atoms with Crippen molar-refractivity contribution in [3.05, 3.63) is 0 Å². The van der Waals surface area contributed by atoms with Gasteiger partial charge < -0.3 is 14.0 Å². The van der Waals surface area contributed by atoms with E-state index in [-0.39, 0.29) is 0 Å². The van der Waals surface area contributed by atoms with Crippen LogP contribution in [-0.4, -0.2) is 26.4 Å². The average Bonchev–Trinajstić information content (AvgIpc) is 1.80. The summed E-state index contributed by atoms with van der Waals surface area (Å²) in [4.78, 5) is 0. The van der Waals surface area contributed by atoms with Crippen LogP contribution in [0.5, 0.6) is 0 Å². The van der Waals surface area contributed by atoms with Gasteiger partial charge in [0.2, 0.25) is 0 Å². The highest BCUT2D eigenvalue weighted by Crippen LogP contribution is 2.06. The number of alkyl halides is 3. The van der Waals surface area contributed by atoms with E-state index in [1.807, 2.05) is 0 Å². The van der Waals surface area contributed by atoms with Crippen molar-refractivity contribution in [1.82, 2.24) is 0 Å². The highest BCUT2D eigenvalue weighted by molar-refractivity contribution is 6.36. The zero-order chi connectivity index (χ0) is 10.4. The Bertz CT molecular complexity index is 111. The van der Waals surface area contributed by atoms with E-state index in [4.69, 9.17) is 0 Å². The summed E-state index contributed by atoms with van der Waals surface area (Å²) in [6.45, 7) is 3.14. The standard InChI is InChI=1S/C6H12BF3O3/c1-4(8)11-7(12-5(2)9)13-6(3)10/h4-6H,1-3H3. The first-order valence-electron chi connectivity index (χ1n) is 3.80. The Hall–Kier alpha value is -0.265. The summed E-state index contributed by atoms with van der Waals surface area (Å²) >= 11 is 0. The summed E-state index contributed by atoms with van der Waals surface area (Å²) in [7, 11) is -1.67. The Morgan fingerprint density at radius 1 is 0.769 bits per heavy atom. The van der Waals surface area contributed by atoms with Crippen molar-refractivity contribution in [1.29, 1.82) is 0 Å². The van der Waals surface area contributed by atoms with Gasteiger partial charge in [0.15, 0.2) is 19.1 Å². The summed E-state index contributed by atoms with van der Waals surface area (Å²) in [5, 5.41) is 0. The number of halogens is 3. The smallest absolute Gasteiger partial charge is 0.355 e. The van der Waals surface area contributed by atoms with Crippen LogP contribution in [0.15, 0.2) is 0 Å². The predicted octanol–water partition coefficient (Wildman–Crippen LogP) is 1.97. The predicted molar refractivity (Wildman–Crippen MR) is 40.7 cm³/mol. The van der Waals surface area contributed by atoms with Gasteiger partial charge in [-0.2, -0.15) is 0 Å². The van der Waals surface area contributed by atoms with Crippen LogP contribution in [0.2, 0.25) is 0 Å². The average molecular weight is 200 g/mol. The highest BCUT2D eigenvalue weighted by atomic mass is 19.2. The monoisotopic (exact) mass is 200 g/mol. The quantitative estimate of drug-likeness (QED) is 0.613. The first kappa shape index (κ1) is 12.7. The third-order valence-electron chi connectivity index (χ3n) is 0.896. The van der Waals surface area contributed by atoms with E-state index in [2.05, 4.69) is 14.0 Å². The SMILES string of the molecule is CC(F)OB(OC(C)F)OC(C)F. The highest BCUT2D eigenvalue weighted by Gasteiger charge is 2.28. The molecule has 3 nitrogen and oxygen atoms in total. The molecule has 0 aliphatic carbocycles. The van der Waals surface area contributed by atoms with Crippen LogP contribution in [0.4, 0.5) is 13.2 Å². The Morgan fingerprint density at radius 2 is 1.00 bits per heavy atom. The van der Waals surface area contributed by atoms with Crippen molar-refractivity contribution in [2.75, 3.05) is 0 Å². The molecule has 78 valence electrons. The van der Waals surface area contributed by atoms with E-state index in [9.17, 15) is 13.2 Å². The summed E-state index contributed by atoms with van der Waals surface area (Å²) < 4.78 is 49.5. The van der Waals surface area contributed by atoms with Gasteiger partial charge in [0.1, 0.15) is 0 Å². The van der Waals surface area contributed by atoms with E-state index in [0.29, 0.717) is 0 Å². The fourth-order valence-electron chi connectivity index (χ4n) is 0.556. The van der Waals surface area contributed by atoms with Gasteiger partial charge in [-0.1, -0.05) is 0 Å². The summed E-state index contributed by atoms with van der Waals surface area (Å²) in [5.41, 5.74) is 0. The molecule has 0 saturated carbocycles. The maximum atomic E-state index is 12.2. The van der Waals surface area contributed by atoms with Crippen molar-refractivity contribution in [3.8, 4) is 0 Å². The lowest BCUT2D eigenvalue weighted by Gasteiger charge is -2.16. The summed E-state index contributed by atoms with van der Waals surface area (Å²) in [6.07, 6.45) is -5.16. The van der Waals surface area contributed by atoms with Crippen molar-refractivity contribution in [2.45, 2.75) is 39.8 Å². The van der Waals surface area contributed by atoms with Crippen molar-refractivity contribution in [3.63, 3.8) is 0 Å². The third-order valence-corrected chi connectivity index (χ3v) is 0.896. The van der Waals surface area contributed by atoms with Gasteiger partial charge in [0.25, 0.3) is 0 Å². The molecule has 0 bridgehead atoms. The van der Waals surface area contributed by atoms with Gasteiger partial charge >= 0.3 is 7.32 Å². The van der Waals surface area contributed by atoms with E-state index in [1.165, 1.54) is 0 Å². The lowest BCUT2D eigenvalue weighted by Crippen LogP contribution is -2.33. The maximum Gasteiger partial charge on any atom is 0.645 e. The van der Waals surface area contributed by atoms with Crippen LogP contribution in [0, 0.1) is 0 Å². The van der Waals surface area contributed by atoms with Crippen molar-refractivity contribution < 1.29 is 27.1 Å². The molecule has 0 aromatic carbocycles. The van der Waals surface area contributed by atoms with E-state index in [0.717, 1.165) is 20.8 Å². The molecule has 0 radical (unpaired) electrons. The largest absolute Gasteiger partial charge is 0.645 e.